The molecule has 4 N–H and O–H groups in total. The van der Waals surface area contributed by atoms with E-state index in [1.165, 1.54) is 0 Å². The minimum atomic E-state index is -0.792. The fourth-order valence-corrected chi connectivity index (χ4v) is 3.78. The predicted molar refractivity (Wildman–Crippen MR) is 77.1 cm³/mol. The Bertz CT molecular complexity index is 359. The Morgan fingerprint density at radius 1 is 1.35 bits per heavy atom. The van der Waals surface area contributed by atoms with Crippen LogP contribution in [-0.2, 0) is 9.53 Å². The summed E-state index contributed by atoms with van der Waals surface area (Å²) >= 11 is 0. The molecule has 0 aromatic rings. The normalized spacial score (nSPS) is 34.4. The predicted octanol–water partition coefficient (Wildman–Crippen LogP) is 0.798. The summed E-state index contributed by atoms with van der Waals surface area (Å²) in [5, 5.41) is 11.7. The van der Waals surface area contributed by atoms with Crippen LogP contribution in [0, 0.1) is 11.3 Å². The van der Waals surface area contributed by atoms with Gasteiger partial charge in [0, 0.05) is 31.1 Å². The van der Waals surface area contributed by atoms with Crippen molar-refractivity contribution < 1.29 is 14.6 Å². The highest BCUT2D eigenvalue weighted by Gasteiger charge is 2.71. The topological polar surface area (TPSA) is 84.6 Å². The van der Waals surface area contributed by atoms with Gasteiger partial charge in [0.1, 0.15) is 5.54 Å². The molecule has 5 heteroatoms. The maximum atomic E-state index is 12.5. The third-order valence-corrected chi connectivity index (χ3v) is 5.20. The van der Waals surface area contributed by atoms with Gasteiger partial charge in [0.25, 0.3) is 0 Å². The highest BCUT2D eigenvalue weighted by atomic mass is 16.5. The van der Waals surface area contributed by atoms with Gasteiger partial charge in [0.05, 0.1) is 6.10 Å². The van der Waals surface area contributed by atoms with E-state index in [0.717, 1.165) is 32.1 Å². The molecule has 20 heavy (non-hydrogen) atoms. The number of aliphatic hydroxyl groups is 1. The Hall–Kier alpha value is -0.650. The van der Waals surface area contributed by atoms with Crippen LogP contribution in [0.5, 0.6) is 0 Å². The van der Waals surface area contributed by atoms with Crippen LogP contribution in [0.1, 0.15) is 46.0 Å². The zero-order valence-electron chi connectivity index (χ0n) is 12.7. The number of nitrogens with one attached hydrogen (secondary N) is 1. The van der Waals surface area contributed by atoms with Crippen molar-refractivity contribution in [3.63, 3.8) is 0 Å². The fourth-order valence-electron chi connectivity index (χ4n) is 3.78. The van der Waals surface area contributed by atoms with E-state index in [1.807, 2.05) is 13.8 Å². The second-order valence-electron chi connectivity index (χ2n) is 6.67. The number of unbranched alkanes of at least 4 members (excludes halogenated alkanes) is 3. The highest BCUT2D eigenvalue weighted by Crippen LogP contribution is 2.58. The fraction of sp³-hybridized carbons (Fsp3) is 0.933. The third kappa shape index (κ3) is 2.36. The van der Waals surface area contributed by atoms with Crippen LogP contribution >= 0.6 is 0 Å². The van der Waals surface area contributed by atoms with Gasteiger partial charge < -0.3 is 20.9 Å². The van der Waals surface area contributed by atoms with Crippen molar-refractivity contribution in [3.8, 4) is 0 Å². The molecular weight excluding hydrogens is 256 g/mol. The summed E-state index contributed by atoms with van der Waals surface area (Å²) in [5.41, 5.74) is 5.36. The van der Waals surface area contributed by atoms with Gasteiger partial charge in [-0.05, 0) is 19.3 Å². The Labute approximate surface area is 121 Å². The molecule has 1 saturated heterocycles. The van der Waals surface area contributed by atoms with Crippen molar-refractivity contribution in [2.24, 2.45) is 17.1 Å². The summed E-state index contributed by atoms with van der Waals surface area (Å²) in [6, 6.07) is 0. The van der Waals surface area contributed by atoms with Crippen molar-refractivity contribution in [1.29, 1.82) is 0 Å². The highest BCUT2D eigenvalue weighted by molar-refractivity contribution is 5.89. The summed E-state index contributed by atoms with van der Waals surface area (Å²) in [7, 11) is 0. The molecule has 116 valence electrons. The van der Waals surface area contributed by atoms with Crippen LogP contribution in [0.15, 0.2) is 0 Å². The number of amides is 1. The summed E-state index contributed by atoms with van der Waals surface area (Å²) < 4.78 is 5.70. The van der Waals surface area contributed by atoms with Crippen LogP contribution in [-0.4, -0.2) is 42.4 Å². The second-order valence-corrected chi connectivity index (χ2v) is 6.67. The van der Waals surface area contributed by atoms with Gasteiger partial charge in [0.15, 0.2) is 0 Å². The van der Waals surface area contributed by atoms with Crippen LogP contribution in [0.4, 0.5) is 0 Å². The first-order valence-electron chi connectivity index (χ1n) is 7.76. The molecule has 0 radical (unpaired) electrons. The van der Waals surface area contributed by atoms with Crippen molar-refractivity contribution in [2.45, 2.75) is 57.6 Å². The first kappa shape index (κ1) is 15.7. The van der Waals surface area contributed by atoms with Gasteiger partial charge in [0.2, 0.25) is 5.91 Å². The Morgan fingerprint density at radius 2 is 2.05 bits per heavy atom. The monoisotopic (exact) mass is 284 g/mol. The number of aliphatic hydroxyl groups excluding tert-OH is 1. The molecular formula is C15H28N2O3. The number of ether oxygens (including phenoxy) is 1. The molecule has 1 aliphatic carbocycles. The van der Waals surface area contributed by atoms with E-state index < -0.39 is 5.54 Å². The Kier molecular flexibility index (Phi) is 4.72. The molecule has 1 aliphatic heterocycles. The molecule has 0 aromatic heterocycles. The van der Waals surface area contributed by atoms with Gasteiger partial charge >= 0.3 is 0 Å². The number of hydrogen-bond acceptors (Lipinski definition) is 4. The van der Waals surface area contributed by atoms with Crippen molar-refractivity contribution >= 4 is 5.91 Å². The minimum Gasteiger partial charge on any atom is -0.396 e. The number of fused-ring (bicyclic) bond motifs is 1. The van der Waals surface area contributed by atoms with E-state index in [2.05, 4.69) is 5.32 Å². The zero-order chi connectivity index (χ0) is 14.8. The molecule has 0 aromatic carbocycles. The van der Waals surface area contributed by atoms with E-state index >= 15 is 0 Å². The largest absolute Gasteiger partial charge is 0.396 e. The van der Waals surface area contributed by atoms with Crippen LogP contribution in [0.25, 0.3) is 0 Å². The molecule has 2 rings (SSSR count). The number of carbonyl (C=O) groups is 1. The molecule has 3 unspecified atom stereocenters. The van der Waals surface area contributed by atoms with E-state index in [-0.39, 0.29) is 30.0 Å². The number of carbonyl (C=O) groups excluding carboxylic acids is 1. The maximum absolute atomic E-state index is 12.5. The standard InChI is InChI=1S/C15H28N2O3/c1-14(2)12-11(7-10-20-12)15(14,16)13(19)17-8-5-3-4-6-9-18/h11-12,18H,3-10,16H2,1-2H3,(H,17,19). The number of nitrogens with two attached hydrogens (primary N) is 1. The van der Waals surface area contributed by atoms with E-state index in [0.29, 0.717) is 13.2 Å². The SMILES string of the molecule is CC1(C)C2OCCC2C1(N)C(=O)NCCCCCCO. The lowest BCUT2D eigenvalue weighted by Gasteiger charge is -2.60. The minimum absolute atomic E-state index is 0.0311. The molecule has 1 heterocycles. The van der Waals surface area contributed by atoms with E-state index in [4.69, 9.17) is 15.6 Å². The molecule has 2 aliphatic rings. The summed E-state index contributed by atoms with van der Waals surface area (Å²) in [4.78, 5) is 12.5. The van der Waals surface area contributed by atoms with Gasteiger partial charge in [-0.25, -0.2) is 0 Å². The van der Waals surface area contributed by atoms with Crippen molar-refractivity contribution in [3.05, 3.63) is 0 Å². The van der Waals surface area contributed by atoms with Gasteiger partial charge in [-0.1, -0.05) is 26.7 Å². The summed E-state index contributed by atoms with van der Waals surface area (Å²) in [6.07, 6.45) is 4.81. The Balaban J connectivity index is 1.80. The first-order valence-corrected chi connectivity index (χ1v) is 7.76. The van der Waals surface area contributed by atoms with Crippen LogP contribution in [0.2, 0.25) is 0 Å². The van der Waals surface area contributed by atoms with Gasteiger partial charge in [-0.2, -0.15) is 0 Å². The lowest BCUT2D eigenvalue weighted by atomic mass is 9.48. The number of rotatable bonds is 7. The molecule has 5 nitrogen and oxygen atoms in total. The average Bonchev–Trinajstić information content (AvgIpc) is 2.89. The second kappa shape index (κ2) is 6.00. The summed E-state index contributed by atoms with van der Waals surface area (Å²) in [6.45, 7) is 5.68. The van der Waals surface area contributed by atoms with Crippen LogP contribution < -0.4 is 11.1 Å². The quantitative estimate of drug-likeness (QED) is 0.604. The molecule has 3 atom stereocenters. The smallest absolute Gasteiger partial charge is 0.241 e. The van der Waals surface area contributed by atoms with Gasteiger partial charge in [-0.3, -0.25) is 4.79 Å². The van der Waals surface area contributed by atoms with Crippen molar-refractivity contribution in [2.75, 3.05) is 19.8 Å². The molecule has 1 amide bonds. The van der Waals surface area contributed by atoms with E-state index in [9.17, 15) is 4.79 Å². The average molecular weight is 284 g/mol. The third-order valence-electron chi connectivity index (χ3n) is 5.20. The first-order chi connectivity index (χ1) is 9.46. The zero-order valence-corrected chi connectivity index (χ0v) is 12.7. The molecule has 0 spiro atoms. The van der Waals surface area contributed by atoms with Crippen molar-refractivity contribution in [1.82, 2.24) is 5.32 Å². The summed E-state index contributed by atoms with van der Waals surface area (Å²) in [5.74, 6) is 0.128. The van der Waals surface area contributed by atoms with E-state index in [1.54, 1.807) is 0 Å². The molecule has 0 bridgehead atoms. The lowest BCUT2D eigenvalue weighted by Crippen LogP contribution is -2.80. The lowest BCUT2D eigenvalue weighted by molar-refractivity contribution is -0.175. The Morgan fingerprint density at radius 3 is 2.75 bits per heavy atom. The number of hydrogen-bond donors (Lipinski definition) is 3. The molecule has 2 fully saturated rings. The van der Waals surface area contributed by atoms with Gasteiger partial charge in [-0.15, -0.1) is 0 Å². The maximum Gasteiger partial charge on any atom is 0.241 e. The molecule has 1 saturated carbocycles. The van der Waals surface area contributed by atoms with Crippen LogP contribution in [0.3, 0.4) is 0 Å².